The summed E-state index contributed by atoms with van der Waals surface area (Å²) in [6.45, 7) is 6.78. The lowest BCUT2D eigenvalue weighted by molar-refractivity contribution is -0.0179. The molecule has 0 bridgehead atoms. The Kier molecular flexibility index (Phi) is 3.51. The highest BCUT2D eigenvalue weighted by atomic mass is 35.5. The van der Waals surface area contributed by atoms with Crippen molar-refractivity contribution in [3.05, 3.63) is 34.9 Å². The molecule has 1 nitrogen and oxygen atoms in total. The standard InChI is InChI=1S/C15H22ClN/c1-4-15(5-2)13(10(3)14(15)17)11-7-6-8-12(16)9-11/h6-10,13-14H,4-5,17H2,1-3H3. The fraction of sp³-hybridized carbons (Fsp3) is 0.600. The lowest BCUT2D eigenvalue weighted by atomic mass is 9.47. The van der Waals surface area contributed by atoms with E-state index in [0.717, 1.165) is 17.9 Å². The predicted molar refractivity (Wildman–Crippen MR) is 74.3 cm³/mol. The molecule has 1 aliphatic carbocycles. The van der Waals surface area contributed by atoms with Gasteiger partial charge in [0.15, 0.2) is 0 Å². The first kappa shape index (κ1) is 12.9. The summed E-state index contributed by atoms with van der Waals surface area (Å²) >= 11 is 6.10. The fourth-order valence-corrected chi connectivity index (χ4v) is 4.04. The van der Waals surface area contributed by atoms with Crippen molar-refractivity contribution in [3.63, 3.8) is 0 Å². The minimum absolute atomic E-state index is 0.268. The Labute approximate surface area is 109 Å². The van der Waals surface area contributed by atoms with Crippen LogP contribution >= 0.6 is 11.6 Å². The molecule has 2 heteroatoms. The van der Waals surface area contributed by atoms with Gasteiger partial charge in [-0.3, -0.25) is 0 Å². The molecule has 3 unspecified atom stereocenters. The summed E-state index contributed by atoms with van der Waals surface area (Å²) < 4.78 is 0. The molecular weight excluding hydrogens is 230 g/mol. The van der Waals surface area contributed by atoms with Gasteiger partial charge < -0.3 is 5.73 Å². The molecule has 94 valence electrons. The smallest absolute Gasteiger partial charge is 0.0408 e. The summed E-state index contributed by atoms with van der Waals surface area (Å²) in [6.07, 6.45) is 2.29. The maximum atomic E-state index is 6.36. The Hall–Kier alpha value is -0.530. The third-order valence-electron chi connectivity index (χ3n) is 4.90. The van der Waals surface area contributed by atoms with Gasteiger partial charge in [-0.2, -0.15) is 0 Å². The van der Waals surface area contributed by atoms with Crippen LogP contribution in [0.3, 0.4) is 0 Å². The van der Waals surface area contributed by atoms with Gasteiger partial charge in [-0.05, 0) is 47.8 Å². The van der Waals surface area contributed by atoms with Crippen LogP contribution in [0.1, 0.15) is 45.1 Å². The first-order valence-corrected chi connectivity index (χ1v) is 6.95. The maximum Gasteiger partial charge on any atom is 0.0408 e. The molecule has 0 saturated heterocycles. The number of halogens is 1. The highest BCUT2D eigenvalue weighted by Gasteiger charge is 2.56. The van der Waals surface area contributed by atoms with E-state index in [9.17, 15) is 0 Å². The van der Waals surface area contributed by atoms with E-state index in [-0.39, 0.29) is 5.41 Å². The van der Waals surface area contributed by atoms with E-state index in [0.29, 0.717) is 17.9 Å². The van der Waals surface area contributed by atoms with Crippen molar-refractivity contribution in [2.75, 3.05) is 0 Å². The van der Waals surface area contributed by atoms with Crippen LogP contribution in [0.5, 0.6) is 0 Å². The molecule has 3 atom stereocenters. The zero-order chi connectivity index (χ0) is 12.6. The van der Waals surface area contributed by atoms with E-state index in [1.165, 1.54) is 5.56 Å². The Morgan fingerprint density at radius 3 is 2.47 bits per heavy atom. The summed E-state index contributed by atoms with van der Waals surface area (Å²) in [5.74, 6) is 1.11. The SMILES string of the molecule is CCC1(CC)C(N)C(C)C1c1cccc(Cl)c1. The largest absolute Gasteiger partial charge is 0.327 e. The van der Waals surface area contributed by atoms with E-state index in [1.807, 2.05) is 12.1 Å². The molecule has 1 saturated carbocycles. The lowest BCUT2D eigenvalue weighted by Gasteiger charge is -2.59. The molecule has 0 radical (unpaired) electrons. The molecule has 0 aliphatic heterocycles. The van der Waals surface area contributed by atoms with Crippen LogP contribution in [0, 0.1) is 11.3 Å². The molecule has 0 aromatic heterocycles. The third kappa shape index (κ3) is 1.80. The Balaban J connectivity index is 2.37. The summed E-state index contributed by atoms with van der Waals surface area (Å²) in [6, 6.07) is 8.60. The van der Waals surface area contributed by atoms with Gasteiger partial charge in [-0.25, -0.2) is 0 Å². The molecule has 17 heavy (non-hydrogen) atoms. The van der Waals surface area contributed by atoms with Crippen molar-refractivity contribution in [1.29, 1.82) is 0 Å². The molecule has 1 aromatic carbocycles. The van der Waals surface area contributed by atoms with Crippen molar-refractivity contribution >= 4 is 11.6 Å². The van der Waals surface area contributed by atoms with E-state index in [2.05, 4.69) is 32.9 Å². The van der Waals surface area contributed by atoms with Crippen LogP contribution in [-0.4, -0.2) is 6.04 Å². The van der Waals surface area contributed by atoms with Crippen molar-refractivity contribution in [1.82, 2.24) is 0 Å². The first-order chi connectivity index (χ1) is 8.06. The van der Waals surface area contributed by atoms with Crippen LogP contribution in [0.2, 0.25) is 5.02 Å². The minimum atomic E-state index is 0.268. The van der Waals surface area contributed by atoms with E-state index >= 15 is 0 Å². The lowest BCUT2D eigenvalue weighted by Crippen LogP contribution is -2.62. The number of hydrogen-bond donors (Lipinski definition) is 1. The molecule has 1 fully saturated rings. The predicted octanol–water partition coefficient (Wildman–Crippen LogP) is 4.21. The van der Waals surface area contributed by atoms with E-state index in [1.54, 1.807) is 0 Å². The van der Waals surface area contributed by atoms with Crippen molar-refractivity contribution in [2.24, 2.45) is 17.1 Å². The topological polar surface area (TPSA) is 26.0 Å². The van der Waals surface area contributed by atoms with Crippen LogP contribution < -0.4 is 5.73 Å². The Bertz CT molecular complexity index is 398. The number of benzene rings is 1. The van der Waals surface area contributed by atoms with Gasteiger partial charge in [0.25, 0.3) is 0 Å². The summed E-state index contributed by atoms with van der Waals surface area (Å²) in [7, 11) is 0. The van der Waals surface area contributed by atoms with Crippen molar-refractivity contribution in [2.45, 2.75) is 45.6 Å². The highest BCUT2D eigenvalue weighted by Crippen LogP contribution is 2.59. The molecule has 1 aliphatic rings. The van der Waals surface area contributed by atoms with Crippen LogP contribution in [-0.2, 0) is 0 Å². The van der Waals surface area contributed by atoms with Crippen LogP contribution in [0.15, 0.2) is 24.3 Å². The normalized spacial score (nSPS) is 31.0. The minimum Gasteiger partial charge on any atom is -0.327 e. The molecular formula is C15H22ClN. The third-order valence-corrected chi connectivity index (χ3v) is 5.13. The zero-order valence-electron chi connectivity index (χ0n) is 10.9. The number of rotatable bonds is 3. The summed E-state index contributed by atoms with van der Waals surface area (Å²) in [4.78, 5) is 0. The molecule has 0 spiro atoms. The van der Waals surface area contributed by atoms with Gasteiger partial charge in [0.05, 0.1) is 0 Å². The van der Waals surface area contributed by atoms with Gasteiger partial charge in [0.1, 0.15) is 0 Å². The molecule has 0 amide bonds. The molecule has 2 rings (SSSR count). The fourth-order valence-electron chi connectivity index (χ4n) is 3.84. The van der Waals surface area contributed by atoms with Crippen LogP contribution in [0.25, 0.3) is 0 Å². The first-order valence-electron chi connectivity index (χ1n) is 6.58. The highest BCUT2D eigenvalue weighted by molar-refractivity contribution is 6.30. The van der Waals surface area contributed by atoms with E-state index in [4.69, 9.17) is 17.3 Å². The summed E-state index contributed by atoms with van der Waals surface area (Å²) in [5.41, 5.74) is 7.98. The quantitative estimate of drug-likeness (QED) is 0.856. The van der Waals surface area contributed by atoms with Gasteiger partial charge >= 0.3 is 0 Å². The second-order valence-corrected chi connectivity index (χ2v) is 5.79. The Morgan fingerprint density at radius 2 is 1.94 bits per heavy atom. The average molecular weight is 252 g/mol. The number of nitrogens with two attached hydrogens (primary N) is 1. The molecule has 2 N–H and O–H groups in total. The Morgan fingerprint density at radius 1 is 1.29 bits per heavy atom. The maximum absolute atomic E-state index is 6.36. The monoisotopic (exact) mass is 251 g/mol. The van der Waals surface area contributed by atoms with Gasteiger partial charge in [-0.1, -0.05) is 44.5 Å². The van der Waals surface area contributed by atoms with Crippen LogP contribution in [0.4, 0.5) is 0 Å². The molecule has 0 heterocycles. The molecule has 1 aromatic rings. The average Bonchev–Trinajstić information content (AvgIpc) is 2.34. The van der Waals surface area contributed by atoms with Gasteiger partial charge in [0.2, 0.25) is 0 Å². The number of hydrogen-bond acceptors (Lipinski definition) is 1. The zero-order valence-corrected chi connectivity index (χ0v) is 11.7. The van der Waals surface area contributed by atoms with Crippen molar-refractivity contribution in [3.8, 4) is 0 Å². The van der Waals surface area contributed by atoms with Crippen molar-refractivity contribution < 1.29 is 0 Å². The van der Waals surface area contributed by atoms with Gasteiger partial charge in [0, 0.05) is 11.1 Å². The van der Waals surface area contributed by atoms with E-state index < -0.39 is 0 Å². The van der Waals surface area contributed by atoms with Gasteiger partial charge in [-0.15, -0.1) is 0 Å². The summed E-state index contributed by atoms with van der Waals surface area (Å²) in [5, 5.41) is 0.830. The second kappa shape index (κ2) is 4.62. The second-order valence-electron chi connectivity index (χ2n) is 5.36.